The highest BCUT2D eigenvalue weighted by Crippen LogP contribution is 2.26. The van der Waals surface area contributed by atoms with Crippen LogP contribution < -0.4 is 5.32 Å². The van der Waals surface area contributed by atoms with E-state index >= 15 is 0 Å². The summed E-state index contributed by atoms with van der Waals surface area (Å²) in [7, 11) is 5.68. The zero-order valence-electron chi connectivity index (χ0n) is 14.4. The van der Waals surface area contributed by atoms with Gasteiger partial charge in [0.15, 0.2) is 5.96 Å². The normalized spacial score (nSPS) is 17.5. The minimum absolute atomic E-state index is 0. The lowest BCUT2D eigenvalue weighted by Crippen LogP contribution is -2.43. The Balaban J connectivity index is 0.00000264. The molecule has 2 N–H and O–H groups in total. The molecule has 6 nitrogen and oxygen atoms in total. The smallest absolute Gasteiger partial charge is 0.193 e. The topological polar surface area (TPSA) is 65.7 Å². The van der Waals surface area contributed by atoms with Crippen molar-refractivity contribution >= 4 is 29.9 Å². The van der Waals surface area contributed by atoms with Crippen molar-refractivity contribution in [2.24, 2.45) is 18.0 Å². The van der Waals surface area contributed by atoms with Crippen LogP contribution >= 0.6 is 24.0 Å². The predicted octanol–water partition coefficient (Wildman–Crippen LogP) is 1.99. The minimum Gasteiger partial charge on any atom is -0.391 e. The molecular weight excluding hydrogens is 405 g/mol. The Hall–Kier alpha value is -0.830. The molecule has 1 aromatic rings. The second-order valence-corrected chi connectivity index (χ2v) is 6.27. The van der Waals surface area contributed by atoms with E-state index in [0.717, 1.165) is 30.9 Å². The van der Waals surface area contributed by atoms with Gasteiger partial charge < -0.3 is 15.3 Å². The third-order valence-electron chi connectivity index (χ3n) is 4.41. The molecule has 0 aromatic carbocycles. The summed E-state index contributed by atoms with van der Waals surface area (Å²) in [4.78, 5) is 6.35. The van der Waals surface area contributed by atoms with E-state index in [1.54, 1.807) is 11.7 Å². The highest BCUT2D eigenvalue weighted by Gasteiger charge is 2.22. The van der Waals surface area contributed by atoms with Crippen molar-refractivity contribution < 1.29 is 5.11 Å². The van der Waals surface area contributed by atoms with Crippen LogP contribution in [0.4, 0.5) is 0 Å². The molecule has 1 aromatic heterocycles. The second-order valence-electron chi connectivity index (χ2n) is 6.27. The van der Waals surface area contributed by atoms with Gasteiger partial charge in [-0.3, -0.25) is 9.67 Å². The number of nitrogens with one attached hydrogen (secondary N) is 1. The van der Waals surface area contributed by atoms with Gasteiger partial charge >= 0.3 is 0 Å². The zero-order valence-corrected chi connectivity index (χ0v) is 16.7. The van der Waals surface area contributed by atoms with E-state index in [9.17, 15) is 5.11 Å². The third-order valence-corrected chi connectivity index (χ3v) is 4.41. The molecule has 0 radical (unpaired) electrons. The lowest BCUT2D eigenvalue weighted by Gasteiger charge is -2.28. The van der Waals surface area contributed by atoms with Crippen LogP contribution in [-0.4, -0.2) is 52.5 Å². The molecule has 0 bridgehead atoms. The molecular formula is C16H30IN5O. The van der Waals surface area contributed by atoms with E-state index in [1.807, 2.05) is 31.4 Å². The number of aliphatic hydroxyl groups excluding tert-OH is 1. The van der Waals surface area contributed by atoms with Crippen LogP contribution in [0, 0.1) is 5.92 Å². The standard InChI is InChI=1S/C16H29N5O.HI/c1-17-16(20(2)11-13-9-19-21(3)12-13)18-10-15(22)14-7-5-4-6-8-14;/h9,12,14-15,22H,4-8,10-11H2,1-3H3,(H,17,18);1H. The van der Waals surface area contributed by atoms with Gasteiger partial charge in [0.25, 0.3) is 0 Å². The van der Waals surface area contributed by atoms with Crippen LogP contribution in [0.1, 0.15) is 37.7 Å². The molecule has 1 aliphatic rings. The summed E-state index contributed by atoms with van der Waals surface area (Å²) in [6, 6.07) is 0. The molecule has 2 rings (SSSR count). The van der Waals surface area contributed by atoms with E-state index in [4.69, 9.17) is 0 Å². The molecule has 7 heteroatoms. The van der Waals surface area contributed by atoms with Crippen molar-refractivity contribution in [2.45, 2.75) is 44.8 Å². The summed E-state index contributed by atoms with van der Waals surface area (Å²) >= 11 is 0. The van der Waals surface area contributed by atoms with E-state index < -0.39 is 0 Å². The van der Waals surface area contributed by atoms with E-state index in [2.05, 4.69) is 15.4 Å². The Bertz CT molecular complexity index is 485. The van der Waals surface area contributed by atoms with E-state index in [1.165, 1.54) is 19.3 Å². The van der Waals surface area contributed by atoms with Crippen LogP contribution in [0.2, 0.25) is 0 Å². The van der Waals surface area contributed by atoms with Gasteiger partial charge in [-0.05, 0) is 18.8 Å². The van der Waals surface area contributed by atoms with Crippen molar-refractivity contribution in [3.8, 4) is 0 Å². The van der Waals surface area contributed by atoms with Gasteiger partial charge in [-0.15, -0.1) is 24.0 Å². The summed E-state index contributed by atoms with van der Waals surface area (Å²) in [6.45, 7) is 1.31. The molecule has 1 unspecified atom stereocenters. The molecule has 1 aliphatic carbocycles. The lowest BCUT2D eigenvalue weighted by atomic mass is 9.85. The average molecular weight is 435 g/mol. The lowest BCUT2D eigenvalue weighted by molar-refractivity contribution is 0.0874. The maximum Gasteiger partial charge on any atom is 0.193 e. The number of rotatable bonds is 5. The first-order chi connectivity index (χ1) is 10.6. The van der Waals surface area contributed by atoms with E-state index in [0.29, 0.717) is 12.5 Å². The number of hydrogen-bond acceptors (Lipinski definition) is 3. The number of aliphatic imine (C=N–C) groups is 1. The van der Waals surface area contributed by atoms with Gasteiger partial charge in [0.1, 0.15) is 0 Å². The van der Waals surface area contributed by atoms with Gasteiger partial charge in [-0.1, -0.05) is 19.3 Å². The molecule has 0 spiro atoms. The van der Waals surface area contributed by atoms with Gasteiger partial charge in [0.05, 0.1) is 12.3 Å². The molecule has 0 amide bonds. The first kappa shape index (κ1) is 20.2. The Morgan fingerprint density at radius 3 is 2.74 bits per heavy atom. The Morgan fingerprint density at radius 2 is 2.17 bits per heavy atom. The zero-order chi connectivity index (χ0) is 15.9. The fraction of sp³-hybridized carbons (Fsp3) is 0.750. The minimum atomic E-state index is -0.288. The number of nitrogens with zero attached hydrogens (tertiary/aromatic N) is 4. The summed E-state index contributed by atoms with van der Waals surface area (Å²) in [6.07, 6.45) is 9.67. The average Bonchev–Trinajstić information content (AvgIpc) is 2.93. The fourth-order valence-electron chi connectivity index (χ4n) is 3.17. The highest BCUT2D eigenvalue weighted by molar-refractivity contribution is 14.0. The second kappa shape index (κ2) is 10.1. The highest BCUT2D eigenvalue weighted by atomic mass is 127. The van der Waals surface area contributed by atoms with Crippen LogP contribution in [0.25, 0.3) is 0 Å². The summed E-state index contributed by atoms with van der Waals surface area (Å²) < 4.78 is 1.80. The molecule has 0 saturated heterocycles. The monoisotopic (exact) mass is 435 g/mol. The predicted molar refractivity (Wildman–Crippen MR) is 104 cm³/mol. The molecule has 1 atom stereocenters. The Labute approximate surface area is 156 Å². The SMILES string of the molecule is CN=C(NCC(O)C1CCCCC1)N(C)Cc1cnn(C)c1.I. The van der Waals surface area contributed by atoms with Crippen LogP contribution in [0.3, 0.4) is 0 Å². The maximum atomic E-state index is 10.3. The molecule has 0 aliphatic heterocycles. The van der Waals surface area contributed by atoms with Crippen LogP contribution in [-0.2, 0) is 13.6 Å². The van der Waals surface area contributed by atoms with Crippen molar-refractivity contribution in [1.29, 1.82) is 0 Å². The van der Waals surface area contributed by atoms with E-state index in [-0.39, 0.29) is 30.1 Å². The third kappa shape index (κ3) is 6.29. The Morgan fingerprint density at radius 1 is 1.48 bits per heavy atom. The summed E-state index contributed by atoms with van der Waals surface area (Å²) in [5, 5.41) is 17.8. The fourth-order valence-corrected chi connectivity index (χ4v) is 3.17. The number of aromatic nitrogens is 2. The summed E-state index contributed by atoms with van der Waals surface area (Å²) in [5.41, 5.74) is 1.14. The van der Waals surface area contributed by atoms with Crippen molar-refractivity contribution in [3.63, 3.8) is 0 Å². The molecule has 1 heterocycles. The largest absolute Gasteiger partial charge is 0.391 e. The molecule has 1 fully saturated rings. The quantitative estimate of drug-likeness (QED) is 0.422. The number of aliphatic hydroxyl groups is 1. The van der Waals surface area contributed by atoms with Gasteiger partial charge in [-0.2, -0.15) is 5.10 Å². The van der Waals surface area contributed by atoms with Crippen LogP contribution in [0.5, 0.6) is 0 Å². The van der Waals surface area contributed by atoms with Crippen molar-refractivity contribution in [1.82, 2.24) is 20.0 Å². The number of halogens is 1. The molecule has 1 saturated carbocycles. The van der Waals surface area contributed by atoms with Crippen molar-refractivity contribution in [3.05, 3.63) is 18.0 Å². The number of aryl methyl sites for hydroxylation is 1. The van der Waals surface area contributed by atoms with Gasteiger partial charge in [0, 0.05) is 46.0 Å². The van der Waals surface area contributed by atoms with Gasteiger partial charge in [0.2, 0.25) is 0 Å². The van der Waals surface area contributed by atoms with Crippen LogP contribution in [0.15, 0.2) is 17.4 Å². The Kier molecular flexibility index (Phi) is 8.90. The van der Waals surface area contributed by atoms with Gasteiger partial charge in [-0.25, -0.2) is 0 Å². The first-order valence-corrected chi connectivity index (χ1v) is 8.17. The molecule has 23 heavy (non-hydrogen) atoms. The maximum absolute atomic E-state index is 10.3. The number of guanidine groups is 1. The first-order valence-electron chi connectivity index (χ1n) is 8.17. The number of hydrogen-bond donors (Lipinski definition) is 2. The summed E-state index contributed by atoms with van der Waals surface area (Å²) in [5.74, 6) is 1.24. The van der Waals surface area contributed by atoms with Crippen molar-refractivity contribution in [2.75, 3.05) is 20.6 Å². The molecule has 132 valence electrons.